The first-order valence-electron chi connectivity index (χ1n) is 5.21. The summed E-state index contributed by atoms with van der Waals surface area (Å²) in [4.78, 5) is 0. The van der Waals surface area contributed by atoms with Crippen LogP contribution in [0.3, 0.4) is 0 Å². The molecule has 0 atom stereocenters. The van der Waals surface area contributed by atoms with E-state index in [1.54, 1.807) is 14.2 Å². The molecule has 0 bridgehead atoms. The zero-order chi connectivity index (χ0) is 9.73. The quantitative estimate of drug-likeness (QED) is 0.656. The third-order valence-electron chi connectivity index (χ3n) is 3.29. The summed E-state index contributed by atoms with van der Waals surface area (Å²) in [6.45, 7) is 3.94. The van der Waals surface area contributed by atoms with Gasteiger partial charge in [0.15, 0.2) is 0 Å². The monoisotopic (exact) mass is 186 g/mol. The van der Waals surface area contributed by atoms with E-state index in [0.717, 1.165) is 19.1 Å². The Morgan fingerprint density at radius 3 is 1.92 bits per heavy atom. The lowest BCUT2D eigenvalue weighted by molar-refractivity contribution is -0.0155. The van der Waals surface area contributed by atoms with Crippen LogP contribution in [0.15, 0.2) is 0 Å². The summed E-state index contributed by atoms with van der Waals surface area (Å²) < 4.78 is 10.6. The lowest BCUT2D eigenvalue weighted by atomic mass is 9.77. The minimum Gasteiger partial charge on any atom is -0.384 e. The first-order valence-corrected chi connectivity index (χ1v) is 5.21. The van der Waals surface area contributed by atoms with Crippen molar-refractivity contribution in [2.75, 3.05) is 27.4 Å². The third kappa shape index (κ3) is 2.68. The fraction of sp³-hybridized carbons (Fsp3) is 1.00. The fourth-order valence-corrected chi connectivity index (χ4v) is 2.56. The van der Waals surface area contributed by atoms with E-state index in [9.17, 15) is 0 Å². The minimum absolute atomic E-state index is 0.236. The molecule has 0 aromatic rings. The summed E-state index contributed by atoms with van der Waals surface area (Å²) in [5.74, 6) is 0.799. The summed E-state index contributed by atoms with van der Waals surface area (Å²) in [5.41, 5.74) is 0.236. The van der Waals surface area contributed by atoms with Crippen LogP contribution in [0.25, 0.3) is 0 Å². The SMILES string of the molecule is COCC(C)(COC)C1CCCC1. The van der Waals surface area contributed by atoms with Crippen LogP contribution in [0.5, 0.6) is 0 Å². The van der Waals surface area contributed by atoms with Crippen LogP contribution in [0.1, 0.15) is 32.6 Å². The molecule has 0 unspecified atom stereocenters. The Morgan fingerprint density at radius 1 is 1.08 bits per heavy atom. The van der Waals surface area contributed by atoms with Gasteiger partial charge in [-0.2, -0.15) is 0 Å². The van der Waals surface area contributed by atoms with Crippen molar-refractivity contribution in [3.8, 4) is 0 Å². The standard InChI is InChI=1S/C11H22O2/c1-11(8-12-2,9-13-3)10-6-4-5-7-10/h10H,4-9H2,1-3H3. The maximum atomic E-state index is 5.29. The molecule has 13 heavy (non-hydrogen) atoms. The Kier molecular flexibility index (Phi) is 4.20. The second kappa shape index (κ2) is 4.97. The smallest absolute Gasteiger partial charge is 0.0540 e. The molecule has 78 valence electrons. The van der Waals surface area contributed by atoms with Crippen molar-refractivity contribution in [1.82, 2.24) is 0 Å². The zero-order valence-corrected chi connectivity index (χ0v) is 9.14. The van der Waals surface area contributed by atoms with Gasteiger partial charge >= 0.3 is 0 Å². The Labute approximate surface area is 81.6 Å². The molecule has 0 aromatic heterocycles. The maximum absolute atomic E-state index is 5.29. The highest BCUT2D eigenvalue weighted by molar-refractivity contribution is 4.85. The summed E-state index contributed by atoms with van der Waals surface area (Å²) in [6.07, 6.45) is 5.47. The van der Waals surface area contributed by atoms with Crippen LogP contribution in [-0.2, 0) is 9.47 Å². The zero-order valence-electron chi connectivity index (χ0n) is 9.14. The summed E-state index contributed by atoms with van der Waals surface area (Å²) in [5, 5.41) is 0. The largest absolute Gasteiger partial charge is 0.384 e. The molecule has 2 heteroatoms. The van der Waals surface area contributed by atoms with Gasteiger partial charge in [-0.1, -0.05) is 19.8 Å². The van der Waals surface area contributed by atoms with Crippen LogP contribution >= 0.6 is 0 Å². The van der Waals surface area contributed by atoms with Crippen LogP contribution in [-0.4, -0.2) is 27.4 Å². The average Bonchev–Trinajstić information content (AvgIpc) is 2.57. The number of methoxy groups -OCH3 is 2. The van der Waals surface area contributed by atoms with E-state index in [-0.39, 0.29) is 5.41 Å². The van der Waals surface area contributed by atoms with Gasteiger partial charge in [0.2, 0.25) is 0 Å². The van der Waals surface area contributed by atoms with Gasteiger partial charge in [-0.05, 0) is 18.8 Å². The second-order valence-electron chi connectivity index (χ2n) is 4.50. The van der Waals surface area contributed by atoms with Crippen molar-refractivity contribution in [2.24, 2.45) is 11.3 Å². The molecule has 0 saturated heterocycles. The summed E-state index contributed by atoms with van der Waals surface area (Å²) >= 11 is 0. The molecular weight excluding hydrogens is 164 g/mol. The van der Waals surface area contributed by atoms with Gasteiger partial charge in [-0.3, -0.25) is 0 Å². The molecule has 1 fully saturated rings. The second-order valence-corrected chi connectivity index (χ2v) is 4.50. The molecular formula is C11H22O2. The van der Waals surface area contributed by atoms with Crippen LogP contribution in [0, 0.1) is 11.3 Å². The van der Waals surface area contributed by atoms with Gasteiger partial charge in [0.25, 0.3) is 0 Å². The Balaban J connectivity index is 2.52. The highest BCUT2D eigenvalue weighted by Crippen LogP contribution is 2.40. The Bertz CT molecular complexity index is 133. The molecule has 1 rings (SSSR count). The molecule has 1 aliphatic carbocycles. The third-order valence-corrected chi connectivity index (χ3v) is 3.29. The predicted octanol–water partition coefficient (Wildman–Crippen LogP) is 2.48. The molecule has 2 nitrogen and oxygen atoms in total. The molecule has 1 saturated carbocycles. The van der Waals surface area contributed by atoms with Gasteiger partial charge in [-0.25, -0.2) is 0 Å². The van der Waals surface area contributed by atoms with Crippen molar-refractivity contribution >= 4 is 0 Å². The van der Waals surface area contributed by atoms with E-state index in [1.165, 1.54) is 25.7 Å². The van der Waals surface area contributed by atoms with Crippen LogP contribution < -0.4 is 0 Å². The first-order chi connectivity index (χ1) is 6.23. The molecule has 0 amide bonds. The van der Waals surface area contributed by atoms with E-state index in [1.807, 2.05) is 0 Å². The van der Waals surface area contributed by atoms with Crippen molar-refractivity contribution < 1.29 is 9.47 Å². The molecule has 0 aromatic carbocycles. The summed E-state index contributed by atoms with van der Waals surface area (Å²) in [6, 6.07) is 0. The Morgan fingerprint density at radius 2 is 1.54 bits per heavy atom. The number of hydrogen-bond donors (Lipinski definition) is 0. The molecule has 0 N–H and O–H groups in total. The van der Waals surface area contributed by atoms with Crippen molar-refractivity contribution in [2.45, 2.75) is 32.6 Å². The van der Waals surface area contributed by atoms with E-state index in [2.05, 4.69) is 6.92 Å². The summed E-state index contributed by atoms with van der Waals surface area (Å²) in [7, 11) is 3.56. The molecule has 0 aliphatic heterocycles. The lowest BCUT2D eigenvalue weighted by Gasteiger charge is -2.34. The lowest BCUT2D eigenvalue weighted by Crippen LogP contribution is -2.35. The topological polar surface area (TPSA) is 18.5 Å². The van der Waals surface area contributed by atoms with Gasteiger partial charge < -0.3 is 9.47 Å². The number of hydrogen-bond acceptors (Lipinski definition) is 2. The van der Waals surface area contributed by atoms with Crippen LogP contribution in [0.2, 0.25) is 0 Å². The van der Waals surface area contributed by atoms with Crippen molar-refractivity contribution in [1.29, 1.82) is 0 Å². The van der Waals surface area contributed by atoms with Crippen molar-refractivity contribution in [3.05, 3.63) is 0 Å². The molecule has 0 spiro atoms. The van der Waals surface area contributed by atoms with Gasteiger partial charge in [0.1, 0.15) is 0 Å². The van der Waals surface area contributed by atoms with Gasteiger partial charge in [-0.15, -0.1) is 0 Å². The highest BCUT2D eigenvalue weighted by atomic mass is 16.5. The maximum Gasteiger partial charge on any atom is 0.0540 e. The van der Waals surface area contributed by atoms with E-state index < -0.39 is 0 Å². The van der Waals surface area contributed by atoms with Crippen LogP contribution in [0.4, 0.5) is 0 Å². The Hall–Kier alpha value is -0.0800. The molecule has 1 aliphatic rings. The highest BCUT2D eigenvalue weighted by Gasteiger charge is 2.35. The first kappa shape index (κ1) is 11.0. The molecule has 0 heterocycles. The van der Waals surface area contributed by atoms with Gasteiger partial charge in [0.05, 0.1) is 13.2 Å². The average molecular weight is 186 g/mol. The fourth-order valence-electron chi connectivity index (χ4n) is 2.56. The van der Waals surface area contributed by atoms with E-state index in [4.69, 9.17) is 9.47 Å². The minimum atomic E-state index is 0.236. The van der Waals surface area contributed by atoms with Crippen molar-refractivity contribution in [3.63, 3.8) is 0 Å². The van der Waals surface area contributed by atoms with Gasteiger partial charge in [0, 0.05) is 19.6 Å². The normalized spacial score (nSPS) is 19.6. The number of ether oxygens (including phenoxy) is 2. The van der Waals surface area contributed by atoms with E-state index >= 15 is 0 Å². The predicted molar refractivity (Wildman–Crippen MR) is 53.8 cm³/mol. The van der Waals surface area contributed by atoms with E-state index in [0.29, 0.717) is 0 Å². The number of rotatable bonds is 5. The molecule has 0 radical (unpaired) electrons.